The molecule has 0 aromatic heterocycles. The summed E-state index contributed by atoms with van der Waals surface area (Å²) in [7, 11) is 0. The van der Waals surface area contributed by atoms with E-state index < -0.39 is 0 Å². The first-order valence-electron chi connectivity index (χ1n) is 10.0. The van der Waals surface area contributed by atoms with Gasteiger partial charge in [-0.3, -0.25) is 4.79 Å². The van der Waals surface area contributed by atoms with E-state index in [9.17, 15) is 9.59 Å². The van der Waals surface area contributed by atoms with Crippen molar-refractivity contribution in [3.63, 3.8) is 0 Å². The number of hydrogen-bond donors (Lipinski definition) is 2. The molecule has 0 radical (unpaired) electrons. The van der Waals surface area contributed by atoms with E-state index in [2.05, 4.69) is 16.7 Å². The zero-order chi connectivity index (χ0) is 19.9. The van der Waals surface area contributed by atoms with Gasteiger partial charge in [-0.2, -0.15) is 0 Å². The summed E-state index contributed by atoms with van der Waals surface area (Å²) in [6.45, 7) is 6.61. The highest BCUT2D eigenvalue weighted by atomic mass is 16.2. The molecule has 2 N–H and O–H groups in total. The number of piperidine rings is 1. The minimum atomic E-state index is -0.0681. The lowest BCUT2D eigenvalue weighted by molar-refractivity contribution is 0.0950. The van der Waals surface area contributed by atoms with E-state index in [1.165, 1.54) is 5.56 Å². The molecule has 1 heterocycles. The van der Waals surface area contributed by atoms with E-state index in [0.29, 0.717) is 25.2 Å². The third kappa shape index (κ3) is 4.91. The topological polar surface area (TPSA) is 61.4 Å². The molecule has 2 aromatic rings. The Kier molecular flexibility index (Phi) is 6.69. The minimum Gasteiger partial charge on any atom is -0.348 e. The largest absolute Gasteiger partial charge is 0.348 e. The molecule has 28 heavy (non-hydrogen) atoms. The van der Waals surface area contributed by atoms with Gasteiger partial charge in [0.05, 0.1) is 0 Å². The van der Waals surface area contributed by atoms with Crippen LogP contribution < -0.4 is 10.6 Å². The Hall–Kier alpha value is -2.82. The van der Waals surface area contributed by atoms with Crippen molar-refractivity contribution in [2.45, 2.75) is 39.2 Å². The Labute approximate surface area is 167 Å². The van der Waals surface area contributed by atoms with Gasteiger partial charge in [0, 0.05) is 37.7 Å². The minimum absolute atomic E-state index is 0.000622. The van der Waals surface area contributed by atoms with Crippen LogP contribution in [0.2, 0.25) is 0 Å². The number of carbonyl (C=O) groups is 2. The van der Waals surface area contributed by atoms with Crippen molar-refractivity contribution in [3.05, 3.63) is 70.8 Å². The number of aryl methyl sites for hydroxylation is 1. The van der Waals surface area contributed by atoms with Crippen LogP contribution in [0, 0.1) is 6.92 Å². The van der Waals surface area contributed by atoms with Crippen molar-refractivity contribution in [1.82, 2.24) is 15.5 Å². The molecule has 3 rings (SSSR count). The molecule has 1 aliphatic heterocycles. The van der Waals surface area contributed by atoms with Crippen molar-refractivity contribution in [1.29, 1.82) is 0 Å². The highest BCUT2D eigenvalue weighted by Gasteiger charge is 2.24. The predicted molar refractivity (Wildman–Crippen MR) is 111 cm³/mol. The van der Waals surface area contributed by atoms with Gasteiger partial charge in [-0.1, -0.05) is 36.4 Å². The fraction of sp³-hybridized carbons (Fsp3) is 0.391. The summed E-state index contributed by atoms with van der Waals surface area (Å²) in [4.78, 5) is 26.7. The molecule has 0 saturated carbocycles. The molecule has 0 unspecified atom stereocenters. The maximum atomic E-state index is 12.6. The molecule has 2 aromatic carbocycles. The molecule has 148 valence electrons. The molecule has 5 heteroatoms. The van der Waals surface area contributed by atoms with Crippen LogP contribution in [0.15, 0.2) is 48.5 Å². The number of benzene rings is 2. The molecule has 1 aliphatic rings. The van der Waals surface area contributed by atoms with Crippen molar-refractivity contribution in [3.8, 4) is 0 Å². The molecule has 3 amide bonds. The lowest BCUT2D eigenvalue weighted by atomic mass is 9.89. The van der Waals surface area contributed by atoms with Gasteiger partial charge in [-0.05, 0) is 55.5 Å². The van der Waals surface area contributed by atoms with Crippen LogP contribution in [-0.4, -0.2) is 36.5 Å². The third-order valence-corrected chi connectivity index (χ3v) is 5.36. The Morgan fingerprint density at radius 2 is 1.93 bits per heavy atom. The van der Waals surface area contributed by atoms with Gasteiger partial charge in [-0.15, -0.1) is 0 Å². The second kappa shape index (κ2) is 9.40. The van der Waals surface area contributed by atoms with Crippen molar-refractivity contribution in [2.75, 3.05) is 19.6 Å². The van der Waals surface area contributed by atoms with Gasteiger partial charge in [-0.25, -0.2) is 4.79 Å². The molecule has 5 nitrogen and oxygen atoms in total. The number of nitrogens with one attached hydrogen (secondary N) is 2. The third-order valence-electron chi connectivity index (χ3n) is 5.36. The smallest absolute Gasteiger partial charge is 0.317 e. The zero-order valence-corrected chi connectivity index (χ0v) is 16.7. The van der Waals surface area contributed by atoms with E-state index in [4.69, 9.17) is 0 Å². The maximum Gasteiger partial charge on any atom is 0.317 e. The number of likely N-dealkylation sites (tertiary alicyclic amines) is 1. The van der Waals surface area contributed by atoms with Gasteiger partial charge in [0.15, 0.2) is 0 Å². The van der Waals surface area contributed by atoms with Crippen molar-refractivity contribution in [2.24, 2.45) is 0 Å². The van der Waals surface area contributed by atoms with Crippen molar-refractivity contribution < 1.29 is 9.59 Å². The summed E-state index contributed by atoms with van der Waals surface area (Å²) >= 11 is 0. The molecule has 1 atom stereocenters. The SMILES string of the molecule is CCNC(=O)N1CCC[C@@H](c2cccc(C(=O)NCc3ccccc3C)c2)C1. The maximum absolute atomic E-state index is 12.6. The molecule has 1 fully saturated rings. The summed E-state index contributed by atoms with van der Waals surface area (Å²) in [5.41, 5.74) is 4.08. The average molecular weight is 380 g/mol. The van der Waals surface area contributed by atoms with Gasteiger partial charge >= 0.3 is 6.03 Å². The van der Waals surface area contributed by atoms with Crippen LogP contribution >= 0.6 is 0 Å². The monoisotopic (exact) mass is 379 g/mol. The number of carbonyl (C=O) groups excluding carboxylic acids is 2. The Morgan fingerprint density at radius 3 is 2.71 bits per heavy atom. The molecule has 0 aliphatic carbocycles. The summed E-state index contributed by atoms with van der Waals surface area (Å²) in [6.07, 6.45) is 2.01. The van der Waals surface area contributed by atoms with Gasteiger partial charge < -0.3 is 15.5 Å². The fourth-order valence-electron chi connectivity index (χ4n) is 3.72. The summed E-state index contributed by atoms with van der Waals surface area (Å²) < 4.78 is 0. The fourth-order valence-corrected chi connectivity index (χ4v) is 3.72. The van der Waals surface area contributed by atoms with E-state index in [1.54, 1.807) is 0 Å². The first kappa shape index (κ1) is 19.9. The normalized spacial score (nSPS) is 16.5. The highest BCUT2D eigenvalue weighted by Crippen LogP contribution is 2.27. The van der Waals surface area contributed by atoms with Crippen LogP contribution in [0.1, 0.15) is 52.7 Å². The van der Waals surface area contributed by atoms with Gasteiger partial charge in [0.25, 0.3) is 5.91 Å². The number of amides is 3. The lowest BCUT2D eigenvalue weighted by Gasteiger charge is -2.33. The molecule has 0 bridgehead atoms. The van der Waals surface area contributed by atoms with Gasteiger partial charge in [0.1, 0.15) is 0 Å². The summed E-state index contributed by atoms with van der Waals surface area (Å²) in [6, 6.07) is 15.9. The quantitative estimate of drug-likeness (QED) is 0.829. The number of urea groups is 1. The first-order chi connectivity index (χ1) is 13.6. The van der Waals surface area contributed by atoms with E-state index in [1.807, 2.05) is 61.2 Å². The van der Waals surface area contributed by atoms with Crippen LogP contribution in [0.3, 0.4) is 0 Å². The van der Waals surface area contributed by atoms with Crippen LogP contribution in [0.5, 0.6) is 0 Å². The Balaban J connectivity index is 1.65. The number of nitrogens with zero attached hydrogens (tertiary/aromatic N) is 1. The second-order valence-corrected chi connectivity index (χ2v) is 7.36. The van der Waals surface area contributed by atoms with Crippen molar-refractivity contribution >= 4 is 11.9 Å². The number of rotatable bonds is 5. The van der Waals surface area contributed by atoms with Crippen LogP contribution in [0.25, 0.3) is 0 Å². The standard InChI is InChI=1S/C23H29N3O2/c1-3-24-23(28)26-13-7-12-21(16-26)18-10-6-11-19(14-18)22(27)25-15-20-9-5-4-8-17(20)2/h4-6,8-11,14,21H,3,7,12-13,15-16H2,1-2H3,(H,24,28)(H,25,27)/t21-/m1/s1. The Bertz CT molecular complexity index is 834. The molecular weight excluding hydrogens is 350 g/mol. The van der Waals surface area contributed by atoms with E-state index in [-0.39, 0.29) is 17.9 Å². The van der Waals surface area contributed by atoms with Crippen LogP contribution in [0.4, 0.5) is 4.79 Å². The van der Waals surface area contributed by atoms with Gasteiger partial charge in [0.2, 0.25) is 0 Å². The number of hydrogen-bond acceptors (Lipinski definition) is 2. The first-order valence-corrected chi connectivity index (χ1v) is 10.0. The Morgan fingerprint density at radius 1 is 1.11 bits per heavy atom. The molecule has 1 saturated heterocycles. The second-order valence-electron chi connectivity index (χ2n) is 7.36. The molecule has 0 spiro atoms. The van der Waals surface area contributed by atoms with Crippen LogP contribution in [-0.2, 0) is 6.54 Å². The van der Waals surface area contributed by atoms with E-state index in [0.717, 1.165) is 30.5 Å². The zero-order valence-electron chi connectivity index (χ0n) is 16.7. The highest BCUT2D eigenvalue weighted by molar-refractivity contribution is 5.94. The molecular formula is C23H29N3O2. The summed E-state index contributed by atoms with van der Waals surface area (Å²) in [5.74, 6) is 0.196. The van der Waals surface area contributed by atoms with E-state index >= 15 is 0 Å². The lowest BCUT2D eigenvalue weighted by Crippen LogP contribution is -2.44. The average Bonchev–Trinajstić information content (AvgIpc) is 2.73. The predicted octanol–water partition coefficient (Wildman–Crippen LogP) is 3.83. The summed E-state index contributed by atoms with van der Waals surface area (Å²) in [5, 5.41) is 5.89.